The fraction of sp³-hybridized carbons (Fsp3) is 0.556. The minimum absolute atomic E-state index is 0.174. The SMILES string of the molecule is C[C@@]1(C#N)C[C@@H]2C=C[C@H]1C(=O)O2. The molecule has 3 heteroatoms. The molecule has 0 unspecified atom stereocenters. The summed E-state index contributed by atoms with van der Waals surface area (Å²) in [4.78, 5) is 11.2. The van der Waals surface area contributed by atoms with Gasteiger partial charge in [-0.25, -0.2) is 0 Å². The van der Waals surface area contributed by atoms with E-state index in [0.717, 1.165) is 0 Å². The minimum atomic E-state index is -0.547. The Balaban J connectivity index is 2.42. The van der Waals surface area contributed by atoms with Crippen molar-refractivity contribution in [1.82, 2.24) is 0 Å². The van der Waals surface area contributed by atoms with Gasteiger partial charge in [0.05, 0.1) is 17.4 Å². The standard InChI is InChI=1S/C9H9NO2/c1-9(5-10)4-6-2-3-7(9)8(11)12-6/h2-3,6-7H,4H2,1H3/t6-,7-,9-/m0/s1. The monoisotopic (exact) mass is 163 g/mol. The minimum Gasteiger partial charge on any atom is -0.458 e. The van der Waals surface area contributed by atoms with E-state index >= 15 is 0 Å². The molecule has 1 saturated heterocycles. The summed E-state index contributed by atoms with van der Waals surface area (Å²) in [6.07, 6.45) is 4.12. The lowest BCUT2D eigenvalue weighted by Gasteiger charge is -2.40. The molecule has 0 aromatic carbocycles. The summed E-state index contributed by atoms with van der Waals surface area (Å²) in [5, 5.41) is 8.90. The number of carbonyl (C=O) groups excluding carboxylic acids is 1. The van der Waals surface area contributed by atoms with Gasteiger partial charge in [0.15, 0.2) is 0 Å². The summed E-state index contributed by atoms with van der Waals surface area (Å²) >= 11 is 0. The Morgan fingerprint density at radius 3 is 2.92 bits per heavy atom. The molecule has 3 atom stereocenters. The Morgan fingerprint density at radius 2 is 2.50 bits per heavy atom. The third kappa shape index (κ3) is 0.781. The first-order valence-corrected chi connectivity index (χ1v) is 3.96. The molecule has 0 aromatic heterocycles. The van der Waals surface area contributed by atoms with Crippen LogP contribution >= 0.6 is 0 Å². The first kappa shape index (κ1) is 7.35. The lowest BCUT2D eigenvalue weighted by atomic mass is 9.69. The number of hydrogen-bond donors (Lipinski definition) is 0. The van der Waals surface area contributed by atoms with Gasteiger partial charge >= 0.3 is 5.97 Å². The van der Waals surface area contributed by atoms with Crippen molar-refractivity contribution in [2.45, 2.75) is 19.4 Å². The topological polar surface area (TPSA) is 50.1 Å². The molecule has 2 aliphatic heterocycles. The Kier molecular flexibility index (Phi) is 1.29. The molecular weight excluding hydrogens is 154 g/mol. The summed E-state index contributed by atoms with van der Waals surface area (Å²) in [6.45, 7) is 1.81. The van der Waals surface area contributed by atoms with Crippen molar-refractivity contribution in [3.8, 4) is 6.07 Å². The van der Waals surface area contributed by atoms with Gasteiger partial charge in [0.1, 0.15) is 6.10 Å². The molecule has 0 radical (unpaired) electrons. The second-order valence-corrected chi connectivity index (χ2v) is 3.57. The smallest absolute Gasteiger partial charge is 0.315 e. The van der Waals surface area contributed by atoms with Gasteiger partial charge < -0.3 is 4.74 Å². The van der Waals surface area contributed by atoms with Crippen LogP contribution in [0.1, 0.15) is 13.3 Å². The number of rotatable bonds is 0. The third-order valence-electron chi connectivity index (χ3n) is 2.61. The van der Waals surface area contributed by atoms with E-state index in [9.17, 15) is 4.79 Å². The average Bonchev–Trinajstić information content (AvgIpc) is 2.04. The summed E-state index contributed by atoms with van der Waals surface area (Å²) in [6, 6.07) is 2.19. The maximum atomic E-state index is 11.2. The molecule has 0 N–H and O–H groups in total. The molecule has 0 amide bonds. The van der Waals surface area contributed by atoms with Crippen LogP contribution in [-0.4, -0.2) is 12.1 Å². The Hall–Kier alpha value is -1.30. The van der Waals surface area contributed by atoms with Gasteiger partial charge in [-0.15, -0.1) is 0 Å². The molecule has 1 fully saturated rings. The van der Waals surface area contributed by atoms with Crippen LogP contribution in [0.2, 0.25) is 0 Å². The second-order valence-electron chi connectivity index (χ2n) is 3.57. The Bertz CT molecular complexity index is 302. The van der Waals surface area contributed by atoms with Gasteiger partial charge in [-0.05, 0) is 13.0 Å². The van der Waals surface area contributed by atoms with E-state index in [1.54, 1.807) is 6.08 Å². The number of nitriles is 1. The summed E-state index contributed by atoms with van der Waals surface area (Å²) in [5.74, 6) is -0.606. The van der Waals surface area contributed by atoms with Crippen LogP contribution in [-0.2, 0) is 9.53 Å². The zero-order valence-electron chi connectivity index (χ0n) is 6.78. The molecule has 2 bridgehead atoms. The van der Waals surface area contributed by atoms with Gasteiger partial charge in [-0.2, -0.15) is 5.26 Å². The zero-order valence-corrected chi connectivity index (χ0v) is 6.78. The van der Waals surface area contributed by atoms with E-state index in [1.807, 2.05) is 13.0 Å². The maximum absolute atomic E-state index is 11.2. The van der Waals surface area contributed by atoms with Crippen molar-refractivity contribution in [1.29, 1.82) is 5.26 Å². The molecule has 0 saturated carbocycles. The van der Waals surface area contributed by atoms with Gasteiger partial charge in [-0.1, -0.05) is 6.08 Å². The fourth-order valence-electron chi connectivity index (χ4n) is 1.82. The predicted octanol–water partition coefficient (Wildman–Crippen LogP) is 1.02. The molecule has 1 aliphatic carbocycles. The van der Waals surface area contributed by atoms with E-state index in [0.29, 0.717) is 6.42 Å². The molecular formula is C9H9NO2. The number of ether oxygens (including phenoxy) is 1. The van der Waals surface area contributed by atoms with Crippen molar-refractivity contribution in [3.05, 3.63) is 12.2 Å². The number of hydrogen-bond acceptors (Lipinski definition) is 3. The van der Waals surface area contributed by atoms with Crippen LogP contribution < -0.4 is 0 Å². The number of esters is 1. The van der Waals surface area contributed by atoms with E-state index < -0.39 is 5.41 Å². The quantitative estimate of drug-likeness (QED) is 0.395. The van der Waals surface area contributed by atoms with Gasteiger partial charge in [0.25, 0.3) is 0 Å². The van der Waals surface area contributed by atoms with E-state index in [2.05, 4.69) is 6.07 Å². The second kappa shape index (κ2) is 2.10. The highest BCUT2D eigenvalue weighted by Crippen LogP contribution is 2.42. The normalized spacial score (nSPS) is 43.8. The maximum Gasteiger partial charge on any atom is 0.315 e. The first-order chi connectivity index (χ1) is 5.65. The van der Waals surface area contributed by atoms with E-state index in [4.69, 9.17) is 10.00 Å². The van der Waals surface area contributed by atoms with Crippen LogP contribution in [0, 0.1) is 22.7 Å². The van der Waals surface area contributed by atoms with Gasteiger partial charge in [-0.3, -0.25) is 4.79 Å². The van der Waals surface area contributed by atoms with Crippen molar-refractivity contribution in [2.75, 3.05) is 0 Å². The van der Waals surface area contributed by atoms with Crippen LogP contribution in [0.3, 0.4) is 0 Å². The van der Waals surface area contributed by atoms with Crippen molar-refractivity contribution in [3.63, 3.8) is 0 Å². The molecule has 2 heterocycles. The van der Waals surface area contributed by atoms with Gasteiger partial charge in [0, 0.05) is 6.42 Å². The summed E-state index contributed by atoms with van der Waals surface area (Å²) < 4.78 is 5.01. The molecule has 62 valence electrons. The Labute approximate surface area is 70.6 Å². The molecule has 3 aliphatic rings. The van der Waals surface area contributed by atoms with Crippen molar-refractivity contribution in [2.24, 2.45) is 11.3 Å². The third-order valence-corrected chi connectivity index (χ3v) is 2.61. The molecule has 3 nitrogen and oxygen atoms in total. The largest absolute Gasteiger partial charge is 0.458 e. The highest BCUT2D eigenvalue weighted by atomic mass is 16.5. The van der Waals surface area contributed by atoms with Crippen LogP contribution in [0.25, 0.3) is 0 Å². The van der Waals surface area contributed by atoms with Crippen LogP contribution in [0.4, 0.5) is 0 Å². The molecule has 0 aromatic rings. The summed E-state index contributed by atoms with van der Waals surface area (Å²) in [7, 11) is 0. The average molecular weight is 163 g/mol. The molecule has 3 rings (SSSR count). The lowest BCUT2D eigenvalue weighted by molar-refractivity contribution is -0.163. The number of carbonyl (C=O) groups is 1. The highest BCUT2D eigenvalue weighted by molar-refractivity contribution is 5.78. The van der Waals surface area contributed by atoms with E-state index in [1.165, 1.54) is 0 Å². The molecule has 12 heavy (non-hydrogen) atoms. The first-order valence-electron chi connectivity index (χ1n) is 3.96. The van der Waals surface area contributed by atoms with E-state index in [-0.39, 0.29) is 18.0 Å². The number of fused-ring (bicyclic) bond motifs is 2. The zero-order chi connectivity index (χ0) is 8.77. The van der Waals surface area contributed by atoms with Crippen LogP contribution in [0.5, 0.6) is 0 Å². The lowest BCUT2D eigenvalue weighted by Crippen LogP contribution is -2.45. The van der Waals surface area contributed by atoms with Crippen molar-refractivity contribution < 1.29 is 9.53 Å². The predicted molar refractivity (Wildman–Crippen MR) is 40.8 cm³/mol. The highest BCUT2D eigenvalue weighted by Gasteiger charge is 2.48. The summed E-state index contributed by atoms with van der Waals surface area (Å²) in [5.41, 5.74) is -0.547. The fourth-order valence-corrected chi connectivity index (χ4v) is 1.82. The molecule has 0 spiro atoms. The van der Waals surface area contributed by atoms with Crippen molar-refractivity contribution >= 4 is 5.97 Å². The van der Waals surface area contributed by atoms with Gasteiger partial charge in [0.2, 0.25) is 0 Å². The Morgan fingerprint density at radius 1 is 1.75 bits per heavy atom. The van der Waals surface area contributed by atoms with Crippen LogP contribution in [0.15, 0.2) is 12.2 Å². The number of nitrogens with zero attached hydrogens (tertiary/aromatic N) is 1.